The van der Waals surface area contributed by atoms with Gasteiger partial charge in [-0.2, -0.15) is 0 Å². The number of hydrogen-bond donors (Lipinski definition) is 1. The average molecular weight is 469 g/mol. The maximum atomic E-state index is 14.1. The maximum Gasteiger partial charge on any atom is 0.236 e. The lowest BCUT2D eigenvalue weighted by molar-refractivity contribution is -0.131. The zero-order chi connectivity index (χ0) is 23.5. The highest BCUT2D eigenvalue weighted by atomic mass is 35.5. The molecule has 3 atom stereocenters. The number of carbonyl (C=O) groups excluding carboxylic acids is 3. The normalized spacial score (nSPS) is 26.0. The third-order valence-electron chi connectivity index (χ3n) is 6.65. The van der Waals surface area contributed by atoms with Gasteiger partial charge in [0.1, 0.15) is 22.1 Å². The molecule has 5 rings (SSSR count). The maximum absolute atomic E-state index is 14.1. The Morgan fingerprint density at radius 1 is 1.15 bits per heavy atom. The Bertz CT molecular complexity index is 1240. The van der Waals surface area contributed by atoms with Gasteiger partial charge in [-0.15, -0.1) is 0 Å². The molecule has 1 aromatic carbocycles. The first-order valence-electron chi connectivity index (χ1n) is 10.5. The van der Waals surface area contributed by atoms with E-state index in [4.69, 9.17) is 25.8 Å². The van der Waals surface area contributed by atoms with Crippen molar-refractivity contribution in [1.82, 2.24) is 10.3 Å². The van der Waals surface area contributed by atoms with Crippen LogP contribution in [0, 0.1) is 5.92 Å². The Morgan fingerprint density at radius 2 is 1.91 bits per heavy atom. The third kappa shape index (κ3) is 2.90. The van der Waals surface area contributed by atoms with E-state index in [1.165, 1.54) is 20.3 Å². The van der Waals surface area contributed by atoms with E-state index < -0.39 is 29.0 Å². The van der Waals surface area contributed by atoms with Gasteiger partial charge in [-0.25, -0.2) is 0 Å². The number of rotatable bonds is 3. The van der Waals surface area contributed by atoms with E-state index in [1.54, 1.807) is 25.4 Å². The van der Waals surface area contributed by atoms with Crippen molar-refractivity contribution in [2.45, 2.75) is 31.3 Å². The van der Waals surface area contributed by atoms with Crippen LogP contribution in [0.1, 0.15) is 41.6 Å². The topological polar surface area (TPSA) is 104 Å². The summed E-state index contributed by atoms with van der Waals surface area (Å²) in [5, 5.41) is 2.93. The number of hydrogen-bond acceptors (Lipinski definition) is 7. The molecule has 0 saturated carbocycles. The molecule has 0 unspecified atom stereocenters. The Kier molecular flexibility index (Phi) is 4.93. The van der Waals surface area contributed by atoms with Crippen LogP contribution >= 0.6 is 11.6 Å². The number of benzene rings is 1. The molecular formula is C24H21ClN2O6. The molecule has 1 amide bonds. The molecule has 0 bridgehead atoms. The number of ether oxygens (including phenoxy) is 3. The summed E-state index contributed by atoms with van der Waals surface area (Å²) in [4.78, 5) is 44.6. The molecule has 9 heteroatoms. The molecular weight excluding hydrogens is 448 g/mol. The Morgan fingerprint density at radius 3 is 2.58 bits per heavy atom. The van der Waals surface area contributed by atoms with Gasteiger partial charge in [0.2, 0.25) is 23.1 Å². The summed E-state index contributed by atoms with van der Waals surface area (Å²) in [6, 6.07) is 5.07. The van der Waals surface area contributed by atoms with Gasteiger partial charge in [0.05, 0.1) is 14.2 Å². The van der Waals surface area contributed by atoms with Crippen LogP contribution < -0.4 is 19.5 Å². The summed E-state index contributed by atoms with van der Waals surface area (Å²) in [5.41, 5.74) is -0.0916. The number of nitrogens with zero attached hydrogens (tertiary/aromatic N) is 1. The Balaban J connectivity index is 1.68. The molecule has 8 nitrogen and oxygen atoms in total. The minimum Gasteiger partial charge on any atom is -0.496 e. The van der Waals surface area contributed by atoms with Crippen molar-refractivity contribution in [2.75, 3.05) is 14.2 Å². The molecule has 0 radical (unpaired) electrons. The van der Waals surface area contributed by atoms with Gasteiger partial charge in [-0.1, -0.05) is 24.6 Å². The first-order valence-corrected chi connectivity index (χ1v) is 10.9. The number of halogens is 1. The number of amides is 1. The predicted molar refractivity (Wildman–Crippen MR) is 118 cm³/mol. The van der Waals surface area contributed by atoms with E-state index in [2.05, 4.69) is 10.3 Å². The lowest BCUT2D eigenvalue weighted by atomic mass is 9.66. The largest absolute Gasteiger partial charge is 0.496 e. The number of aromatic nitrogens is 1. The molecule has 33 heavy (non-hydrogen) atoms. The quantitative estimate of drug-likeness (QED) is 0.689. The minimum atomic E-state index is -1.81. The molecule has 1 N–H and O–H groups in total. The highest BCUT2D eigenvalue weighted by Crippen LogP contribution is 2.55. The van der Waals surface area contributed by atoms with Crippen molar-refractivity contribution < 1.29 is 28.6 Å². The van der Waals surface area contributed by atoms with Crippen LogP contribution in [0.25, 0.3) is 0 Å². The van der Waals surface area contributed by atoms with Gasteiger partial charge in [0.25, 0.3) is 0 Å². The van der Waals surface area contributed by atoms with Crippen molar-refractivity contribution in [1.29, 1.82) is 0 Å². The number of Topliss-reactive ketones (excluding diaryl/α,β-unsaturated/α-hetero) is 2. The monoisotopic (exact) mass is 468 g/mol. The van der Waals surface area contributed by atoms with Gasteiger partial charge >= 0.3 is 0 Å². The zero-order valence-electron chi connectivity index (χ0n) is 18.2. The fourth-order valence-corrected chi connectivity index (χ4v) is 5.32. The Hall–Kier alpha value is -3.39. The number of nitrogens with one attached hydrogen (secondary N) is 1. The van der Waals surface area contributed by atoms with Crippen molar-refractivity contribution in [2.24, 2.45) is 5.92 Å². The Labute approximate surface area is 194 Å². The van der Waals surface area contributed by atoms with Crippen molar-refractivity contribution in [3.8, 4) is 17.2 Å². The van der Waals surface area contributed by atoms with Crippen LogP contribution in [0.15, 0.2) is 41.9 Å². The van der Waals surface area contributed by atoms with Crippen molar-refractivity contribution in [3.05, 3.63) is 58.0 Å². The molecule has 1 aromatic heterocycles. The summed E-state index contributed by atoms with van der Waals surface area (Å²) >= 11 is 6.48. The molecule has 3 aliphatic rings. The molecule has 2 aliphatic heterocycles. The van der Waals surface area contributed by atoms with E-state index in [0.717, 1.165) is 5.56 Å². The van der Waals surface area contributed by atoms with Gasteiger partial charge in [-0.05, 0) is 18.1 Å². The summed E-state index contributed by atoms with van der Waals surface area (Å²) in [6.07, 6.45) is 3.60. The zero-order valence-corrected chi connectivity index (χ0v) is 19.0. The van der Waals surface area contributed by atoms with Gasteiger partial charge in [-0.3, -0.25) is 19.4 Å². The van der Waals surface area contributed by atoms with Crippen LogP contribution in [-0.2, 0) is 9.59 Å². The van der Waals surface area contributed by atoms with E-state index in [-0.39, 0.29) is 46.6 Å². The number of fused-ring (bicyclic) bond motifs is 1. The van der Waals surface area contributed by atoms with E-state index >= 15 is 0 Å². The molecule has 1 aliphatic carbocycles. The van der Waals surface area contributed by atoms with E-state index in [9.17, 15) is 14.4 Å². The standard InChI is InChI=1S/C24H21ClN2O6/c1-11-7-14-18(13(8-17(28)27-14)12-5-4-6-26-10-12)22(29)24(11)23(30)19-15(31-2)9-16(32-3)20(25)21(19)33-24/h4-6,9-11,13H,7-8H2,1-3H3,(H,27,28)/t11-,13-,24+/m1/s1. The van der Waals surface area contributed by atoms with E-state index in [1.807, 2.05) is 6.07 Å². The number of ketones is 2. The van der Waals surface area contributed by atoms with Crippen LogP contribution in [0.3, 0.4) is 0 Å². The number of methoxy groups -OCH3 is 2. The van der Waals surface area contributed by atoms with Crippen LogP contribution in [0.2, 0.25) is 5.02 Å². The lowest BCUT2D eigenvalue weighted by Crippen LogP contribution is -2.59. The van der Waals surface area contributed by atoms with Crippen LogP contribution in [0.4, 0.5) is 0 Å². The molecule has 2 aromatic rings. The minimum absolute atomic E-state index is 0.0692. The number of allylic oxidation sites excluding steroid dienone is 1. The third-order valence-corrected chi connectivity index (χ3v) is 7.00. The lowest BCUT2D eigenvalue weighted by Gasteiger charge is -2.41. The summed E-state index contributed by atoms with van der Waals surface area (Å²) in [7, 11) is 2.86. The first-order chi connectivity index (χ1) is 15.8. The van der Waals surface area contributed by atoms with Crippen molar-refractivity contribution >= 4 is 29.1 Å². The number of carbonyl (C=O) groups is 3. The highest BCUT2D eigenvalue weighted by Gasteiger charge is 2.63. The first kappa shape index (κ1) is 21.5. The SMILES string of the molecule is COc1cc(OC)c2c(c1Cl)O[C@@]1(C(=O)C3=C(C[C@H]1C)NC(=O)C[C@@H]3c1cccnc1)C2=O. The smallest absolute Gasteiger partial charge is 0.236 e. The van der Waals surface area contributed by atoms with Gasteiger partial charge in [0, 0.05) is 48.0 Å². The van der Waals surface area contributed by atoms with Crippen molar-refractivity contribution in [3.63, 3.8) is 0 Å². The van der Waals surface area contributed by atoms with Gasteiger partial charge < -0.3 is 19.5 Å². The van der Waals surface area contributed by atoms with Crippen LogP contribution in [0.5, 0.6) is 17.2 Å². The molecule has 1 spiro atoms. The molecule has 3 heterocycles. The van der Waals surface area contributed by atoms with Gasteiger partial charge in [0.15, 0.2) is 5.75 Å². The van der Waals surface area contributed by atoms with E-state index in [0.29, 0.717) is 11.3 Å². The highest BCUT2D eigenvalue weighted by molar-refractivity contribution is 6.36. The molecule has 0 saturated heterocycles. The average Bonchev–Trinajstić information content (AvgIpc) is 3.13. The molecule has 170 valence electrons. The summed E-state index contributed by atoms with van der Waals surface area (Å²) < 4.78 is 16.9. The fraction of sp³-hybridized carbons (Fsp3) is 0.333. The second-order valence-corrected chi connectivity index (χ2v) is 8.76. The predicted octanol–water partition coefficient (Wildman–Crippen LogP) is 3.23. The second kappa shape index (κ2) is 7.59. The summed E-state index contributed by atoms with van der Waals surface area (Å²) in [6.45, 7) is 1.75. The summed E-state index contributed by atoms with van der Waals surface area (Å²) in [5.74, 6) is -1.72. The molecule has 0 fully saturated rings. The van der Waals surface area contributed by atoms with Crippen LogP contribution in [-0.4, -0.2) is 42.3 Å². The number of pyridine rings is 1. The fourth-order valence-electron chi connectivity index (χ4n) is 5.06. The second-order valence-electron chi connectivity index (χ2n) is 8.38.